The molecule has 2 rings (SSSR count). The van der Waals surface area contributed by atoms with Gasteiger partial charge in [-0.1, -0.05) is 30.8 Å². The Kier molecular flexibility index (Phi) is 4.81. The van der Waals surface area contributed by atoms with Crippen molar-refractivity contribution in [3.63, 3.8) is 0 Å². The Morgan fingerprint density at radius 2 is 2.05 bits per heavy atom. The lowest BCUT2D eigenvalue weighted by molar-refractivity contribution is -0.141. The van der Waals surface area contributed by atoms with Crippen molar-refractivity contribution in [1.29, 1.82) is 0 Å². The fourth-order valence-electron chi connectivity index (χ4n) is 1.49. The summed E-state index contributed by atoms with van der Waals surface area (Å²) in [6, 6.07) is 0.831. The standard InChI is InChI=1S/C12H13F3N4OS/c1-7(2)5-9-18-10(20-19-9)6-21-11-16-4-3-8(17-11)12(13,14)15/h3-4,7H,5-6H2,1-2H3. The average molecular weight is 318 g/mol. The SMILES string of the molecule is CC(C)Cc1noc(CSc2nccc(C(F)(F)F)n2)n1. The van der Waals surface area contributed by atoms with Crippen LogP contribution in [0, 0.1) is 5.92 Å². The van der Waals surface area contributed by atoms with E-state index in [0.29, 0.717) is 24.1 Å². The van der Waals surface area contributed by atoms with Crippen LogP contribution < -0.4 is 0 Å². The summed E-state index contributed by atoms with van der Waals surface area (Å²) in [6.07, 6.45) is -2.71. The number of nitrogens with zero attached hydrogens (tertiary/aromatic N) is 4. The number of rotatable bonds is 5. The van der Waals surface area contributed by atoms with E-state index in [9.17, 15) is 13.2 Å². The third kappa shape index (κ3) is 4.69. The third-order valence-electron chi connectivity index (χ3n) is 2.35. The van der Waals surface area contributed by atoms with Gasteiger partial charge in [-0.25, -0.2) is 9.97 Å². The zero-order valence-electron chi connectivity index (χ0n) is 11.4. The van der Waals surface area contributed by atoms with E-state index < -0.39 is 11.9 Å². The molecule has 0 saturated heterocycles. The van der Waals surface area contributed by atoms with Gasteiger partial charge in [-0.3, -0.25) is 0 Å². The molecule has 0 spiro atoms. The van der Waals surface area contributed by atoms with Gasteiger partial charge in [0.1, 0.15) is 5.69 Å². The van der Waals surface area contributed by atoms with Crippen LogP contribution in [0.3, 0.4) is 0 Å². The summed E-state index contributed by atoms with van der Waals surface area (Å²) in [6.45, 7) is 4.06. The van der Waals surface area contributed by atoms with Gasteiger partial charge in [0.2, 0.25) is 5.89 Å². The average Bonchev–Trinajstić information content (AvgIpc) is 2.82. The topological polar surface area (TPSA) is 64.7 Å². The Morgan fingerprint density at radius 3 is 2.71 bits per heavy atom. The number of aromatic nitrogens is 4. The first-order chi connectivity index (χ1) is 9.84. The summed E-state index contributed by atoms with van der Waals surface area (Å²) in [5.41, 5.74) is -0.967. The van der Waals surface area contributed by atoms with Gasteiger partial charge in [-0.05, 0) is 12.0 Å². The molecule has 0 N–H and O–H groups in total. The maximum atomic E-state index is 12.5. The zero-order chi connectivity index (χ0) is 15.5. The molecule has 0 aliphatic rings. The van der Waals surface area contributed by atoms with E-state index >= 15 is 0 Å². The summed E-state index contributed by atoms with van der Waals surface area (Å²) < 4.78 is 42.6. The highest BCUT2D eigenvalue weighted by Crippen LogP contribution is 2.28. The monoisotopic (exact) mass is 318 g/mol. The molecular weight excluding hydrogens is 305 g/mol. The van der Waals surface area contributed by atoms with Crippen molar-refractivity contribution >= 4 is 11.8 Å². The molecule has 0 radical (unpaired) electrons. The molecule has 0 saturated carbocycles. The van der Waals surface area contributed by atoms with E-state index in [1.54, 1.807) is 0 Å². The zero-order valence-corrected chi connectivity index (χ0v) is 12.2. The van der Waals surface area contributed by atoms with Crippen LogP contribution in [-0.2, 0) is 18.3 Å². The smallest absolute Gasteiger partial charge is 0.338 e. The number of alkyl halides is 3. The van der Waals surface area contributed by atoms with E-state index in [4.69, 9.17) is 4.52 Å². The van der Waals surface area contributed by atoms with Crippen molar-refractivity contribution in [3.8, 4) is 0 Å². The Labute approximate surface area is 123 Å². The summed E-state index contributed by atoms with van der Waals surface area (Å²) in [4.78, 5) is 11.4. The second kappa shape index (κ2) is 6.42. The van der Waals surface area contributed by atoms with Gasteiger partial charge in [-0.2, -0.15) is 18.2 Å². The molecule has 5 nitrogen and oxygen atoms in total. The lowest BCUT2D eigenvalue weighted by Crippen LogP contribution is -2.08. The molecule has 0 amide bonds. The first-order valence-corrected chi connectivity index (χ1v) is 7.17. The molecule has 21 heavy (non-hydrogen) atoms. The normalized spacial score (nSPS) is 12.1. The van der Waals surface area contributed by atoms with E-state index in [0.717, 1.165) is 24.0 Å². The second-order valence-corrected chi connectivity index (χ2v) is 5.66. The lowest BCUT2D eigenvalue weighted by atomic mass is 10.1. The Hall–Kier alpha value is -1.64. The number of hydrogen-bond acceptors (Lipinski definition) is 6. The van der Waals surface area contributed by atoms with Crippen molar-refractivity contribution < 1.29 is 17.7 Å². The van der Waals surface area contributed by atoms with Crippen molar-refractivity contribution in [2.75, 3.05) is 0 Å². The molecule has 0 aliphatic heterocycles. The predicted octanol–water partition coefficient (Wildman–Crippen LogP) is 3.37. The Morgan fingerprint density at radius 1 is 1.29 bits per heavy atom. The minimum atomic E-state index is -4.48. The lowest BCUT2D eigenvalue weighted by Gasteiger charge is -2.05. The number of halogens is 3. The molecule has 0 fully saturated rings. The Bertz CT molecular complexity index is 600. The van der Waals surface area contributed by atoms with Crippen molar-refractivity contribution in [1.82, 2.24) is 20.1 Å². The molecule has 2 aromatic heterocycles. The largest absolute Gasteiger partial charge is 0.433 e. The maximum absolute atomic E-state index is 12.5. The molecule has 9 heteroatoms. The van der Waals surface area contributed by atoms with Crippen LogP contribution in [0.2, 0.25) is 0 Å². The molecule has 0 aromatic carbocycles. The molecule has 0 unspecified atom stereocenters. The van der Waals surface area contributed by atoms with Crippen LogP contribution in [0.1, 0.15) is 31.3 Å². The highest BCUT2D eigenvalue weighted by Gasteiger charge is 2.32. The first-order valence-electron chi connectivity index (χ1n) is 6.19. The van der Waals surface area contributed by atoms with Gasteiger partial charge in [0, 0.05) is 12.6 Å². The van der Waals surface area contributed by atoms with E-state index in [-0.39, 0.29) is 10.9 Å². The van der Waals surface area contributed by atoms with Gasteiger partial charge in [0.05, 0.1) is 5.75 Å². The molecule has 0 bridgehead atoms. The van der Waals surface area contributed by atoms with E-state index in [1.807, 2.05) is 13.8 Å². The number of hydrogen-bond donors (Lipinski definition) is 0. The van der Waals surface area contributed by atoms with Gasteiger partial charge in [0.25, 0.3) is 0 Å². The van der Waals surface area contributed by atoms with Gasteiger partial charge < -0.3 is 4.52 Å². The molecular formula is C12H13F3N4OS. The minimum Gasteiger partial charge on any atom is -0.338 e. The summed E-state index contributed by atoms with van der Waals surface area (Å²) in [5, 5.41) is 3.83. The van der Waals surface area contributed by atoms with Gasteiger partial charge in [0.15, 0.2) is 11.0 Å². The molecule has 2 heterocycles. The van der Waals surface area contributed by atoms with Crippen LogP contribution in [-0.4, -0.2) is 20.1 Å². The van der Waals surface area contributed by atoms with Crippen LogP contribution in [0.4, 0.5) is 13.2 Å². The number of thioether (sulfide) groups is 1. The predicted molar refractivity (Wildman–Crippen MR) is 69.4 cm³/mol. The van der Waals surface area contributed by atoms with Crippen LogP contribution >= 0.6 is 11.8 Å². The third-order valence-corrected chi connectivity index (χ3v) is 3.20. The first kappa shape index (κ1) is 15.7. The highest BCUT2D eigenvalue weighted by molar-refractivity contribution is 7.98. The summed E-state index contributed by atoms with van der Waals surface area (Å²) in [7, 11) is 0. The van der Waals surface area contributed by atoms with Crippen molar-refractivity contribution in [3.05, 3.63) is 29.7 Å². The molecule has 0 aliphatic carbocycles. The quantitative estimate of drug-likeness (QED) is 0.622. The van der Waals surface area contributed by atoms with Crippen molar-refractivity contribution in [2.45, 2.75) is 37.4 Å². The van der Waals surface area contributed by atoms with E-state index in [2.05, 4.69) is 20.1 Å². The second-order valence-electron chi connectivity index (χ2n) is 4.71. The summed E-state index contributed by atoms with van der Waals surface area (Å²) >= 11 is 1.02. The van der Waals surface area contributed by atoms with E-state index in [1.165, 1.54) is 0 Å². The Balaban J connectivity index is 1.98. The highest BCUT2D eigenvalue weighted by atomic mass is 32.2. The molecule has 114 valence electrons. The molecule has 0 atom stereocenters. The maximum Gasteiger partial charge on any atom is 0.433 e. The van der Waals surface area contributed by atoms with Crippen LogP contribution in [0.25, 0.3) is 0 Å². The van der Waals surface area contributed by atoms with Gasteiger partial charge in [-0.15, -0.1) is 0 Å². The summed E-state index contributed by atoms with van der Waals surface area (Å²) in [5.74, 6) is 1.56. The fraction of sp³-hybridized carbons (Fsp3) is 0.500. The van der Waals surface area contributed by atoms with Crippen LogP contribution in [0.5, 0.6) is 0 Å². The van der Waals surface area contributed by atoms with Gasteiger partial charge >= 0.3 is 6.18 Å². The minimum absolute atomic E-state index is 0.0217. The fourth-order valence-corrected chi connectivity index (χ4v) is 2.16. The van der Waals surface area contributed by atoms with Crippen LogP contribution in [0.15, 0.2) is 21.9 Å². The van der Waals surface area contributed by atoms with Crippen molar-refractivity contribution in [2.24, 2.45) is 5.92 Å². The molecule has 2 aromatic rings.